The number of hydrogen-bond acceptors (Lipinski definition) is 5. The number of rotatable bonds is 6. The normalized spacial score (nSPS) is 13.5. The molecule has 2 aromatic rings. The van der Waals surface area contributed by atoms with Crippen LogP contribution in [0.2, 0.25) is 0 Å². The Hall–Kier alpha value is -1.76. The van der Waals surface area contributed by atoms with Crippen molar-refractivity contribution in [2.24, 2.45) is 5.92 Å². The van der Waals surface area contributed by atoms with E-state index in [-0.39, 0.29) is 11.6 Å². The summed E-state index contributed by atoms with van der Waals surface area (Å²) in [5.74, 6) is 0.236. The highest BCUT2D eigenvalue weighted by molar-refractivity contribution is 7.90. The van der Waals surface area contributed by atoms with Gasteiger partial charge in [0.1, 0.15) is 11.6 Å². The molecule has 0 spiro atoms. The van der Waals surface area contributed by atoms with Crippen molar-refractivity contribution in [1.82, 2.24) is 10.1 Å². The summed E-state index contributed by atoms with van der Waals surface area (Å²) in [6.07, 6.45) is 0.636. The van der Waals surface area contributed by atoms with Crippen LogP contribution in [0.15, 0.2) is 28.8 Å². The van der Waals surface area contributed by atoms with Crippen LogP contribution < -0.4 is 0 Å². The first-order valence-corrected chi connectivity index (χ1v) is 8.78. The second-order valence-electron chi connectivity index (χ2n) is 5.70. The Kier molecular flexibility index (Phi) is 4.95. The van der Waals surface area contributed by atoms with Gasteiger partial charge < -0.3 is 4.52 Å². The number of halogens is 1. The van der Waals surface area contributed by atoms with Crippen molar-refractivity contribution in [1.29, 1.82) is 0 Å². The maximum absolute atomic E-state index is 12.9. The molecule has 22 heavy (non-hydrogen) atoms. The van der Waals surface area contributed by atoms with E-state index in [1.807, 2.05) is 13.8 Å². The summed E-state index contributed by atoms with van der Waals surface area (Å²) < 4.78 is 42.7. The van der Waals surface area contributed by atoms with Gasteiger partial charge >= 0.3 is 0 Å². The summed E-state index contributed by atoms with van der Waals surface area (Å²) in [6.45, 7) is 5.60. The van der Waals surface area contributed by atoms with Gasteiger partial charge in [-0.3, -0.25) is 0 Å². The Morgan fingerprint density at radius 3 is 2.41 bits per heavy atom. The fraction of sp³-hybridized carbons (Fsp3) is 0.467. The maximum atomic E-state index is 12.9. The third kappa shape index (κ3) is 4.13. The Bertz CT molecular complexity index is 724. The van der Waals surface area contributed by atoms with E-state index in [9.17, 15) is 12.8 Å². The van der Waals surface area contributed by atoms with Crippen molar-refractivity contribution in [2.75, 3.05) is 0 Å². The van der Waals surface area contributed by atoms with Gasteiger partial charge in [-0.1, -0.05) is 31.1 Å². The minimum atomic E-state index is -3.51. The van der Waals surface area contributed by atoms with Gasteiger partial charge in [-0.25, -0.2) is 12.8 Å². The molecular formula is C15H19FN2O3S. The fourth-order valence-electron chi connectivity index (χ4n) is 2.04. The van der Waals surface area contributed by atoms with Crippen molar-refractivity contribution in [2.45, 2.75) is 38.2 Å². The second kappa shape index (κ2) is 6.56. The van der Waals surface area contributed by atoms with Gasteiger partial charge in [-0.05, 0) is 30.5 Å². The molecule has 0 radical (unpaired) electrons. The molecule has 0 bridgehead atoms. The lowest BCUT2D eigenvalue weighted by atomic mass is 10.1. The Morgan fingerprint density at radius 2 is 1.82 bits per heavy atom. The Labute approximate surface area is 129 Å². The van der Waals surface area contributed by atoms with Crippen LogP contribution in [0, 0.1) is 11.7 Å². The number of benzene rings is 1. The summed E-state index contributed by atoms with van der Waals surface area (Å²) in [7, 11) is -3.51. The van der Waals surface area contributed by atoms with Crippen molar-refractivity contribution < 1.29 is 17.3 Å². The molecule has 0 saturated carbocycles. The van der Waals surface area contributed by atoms with E-state index in [2.05, 4.69) is 10.1 Å². The molecule has 0 amide bonds. The third-order valence-electron chi connectivity index (χ3n) is 3.30. The summed E-state index contributed by atoms with van der Waals surface area (Å²) >= 11 is 0. The minimum absolute atomic E-state index is 0.0876. The molecule has 1 aromatic carbocycles. The first-order chi connectivity index (χ1) is 10.3. The van der Waals surface area contributed by atoms with Crippen molar-refractivity contribution >= 4 is 9.84 Å². The molecule has 0 fully saturated rings. The van der Waals surface area contributed by atoms with E-state index in [4.69, 9.17) is 4.52 Å². The van der Waals surface area contributed by atoms with Crippen LogP contribution in [0.4, 0.5) is 4.39 Å². The molecule has 0 saturated heterocycles. The van der Waals surface area contributed by atoms with Crippen LogP contribution in [0.1, 0.15) is 43.3 Å². The molecule has 2 rings (SSSR count). The van der Waals surface area contributed by atoms with Crippen LogP contribution in [0.5, 0.6) is 0 Å². The van der Waals surface area contributed by atoms with E-state index in [1.165, 1.54) is 24.3 Å². The van der Waals surface area contributed by atoms with Gasteiger partial charge in [0.05, 0.1) is 5.25 Å². The van der Waals surface area contributed by atoms with Crippen LogP contribution in [0.3, 0.4) is 0 Å². The van der Waals surface area contributed by atoms with E-state index in [1.54, 1.807) is 6.92 Å². The molecule has 0 N–H and O–H groups in total. The molecular weight excluding hydrogens is 307 g/mol. The molecule has 7 heteroatoms. The second-order valence-corrected chi connectivity index (χ2v) is 8.02. The van der Waals surface area contributed by atoms with Gasteiger partial charge in [0.2, 0.25) is 5.89 Å². The smallest absolute Gasteiger partial charge is 0.241 e. The number of aromatic nitrogens is 2. The topological polar surface area (TPSA) is 73.1 Å². The zero-order valence-electron chi connectivity index (χ0n) is 12.8. The van der Waals surface area contributed by atoms with E-state index in [0.29, 0.717) is 23.7 Å². The van der Waals surface area contributed by atoms with E-state index in [0.717, 1.165) is 0 Å². The minimum Gasteiger partial charge on any atom is -0.338 e. The molecule has 1 heterocycles. The fourth-order valence-corrected chi connectivity index (χ4v) is 3.32. The predicted molar refractivity (Wildman–Crippen MR) is 80.3 cm³/mol. The average molecular weight is 326 g/mol. The van der Waals surface area contributed by atoms with Crippen LogP contribution >= 0.6 is 0 Å². The van der Waals surface area contributed by atoms with Crippen molar-refractivity contribution in [3.05, 3.63) is 47.4 Å². The van der Waals surface area contributed by atoms with Gasteiger partial charge in [0.25, 0.3) is 0 Å². The lowest BCUT2D eigenvalue weighted by Gasteiger charge is -2.11. The standard InChI is InChI=1S/C15H19FN2O3S/c1-10(2)8-14-17-15(21-18-14)9-22(19,20)11(3)12-4-6-13(16)7-5-12/h4-7,10-11H,8-9H2,1-3H3/t11-/m1/s1. The monoisotopic (exact) mass is 326 g/mol. The SMILES string of the molecule is CC(C)Cc1noc(CS(=O)(=O)[C@H](C)c2ccc(F)cc2)n1. The van der Waals surface area contributed by atoms with Gasteiger partial charge in [-0.15, -0.1) is 0 Å². The highest BCUT2D eigenvalue weighted by Crippen LogP contribution is 2.25. The molecule has 0 aliphatic rings. The predicted octanol–water partition coefficient (Wildman–Crippen LogP) is 3.08. The Morgan fingerprint density at radius 1 is 1.18 bits per heavy atom. The molecule has 1 atom stereocenters. The summed E-state index contributed by atoms with van der Waals surface area (Å²) in [4.78, 5) is 4.11. The zero-order valence-corrected chi connectivity index (χ0v) is 13.6. The van der Waals surface area contributed by atoms with Crippen LogP contribution in [-0.4, -0.2) is 18.6 Å². The molecule has 5 nitrogen and oxygen atoms in total. The van der Waals surface area contributed by atoms with Crippen molar-refractivity contribution in [3.63, 3.8) is 0 Å². The summed E-state index contributed by atoms with van der Waals surface area (Å²) in [5, 5.41) is 3.01. The Balaban J connectivity index is 2.13. The summed E-state index contributed by atoms with van der Waals surface area (Å²) in [5.41, 5.74) is 0.531. The number of nitrogens with zero attached hydrogens (tertiary/aromatic N) is 2. The van der Waals surface area contributed by atoms with Gasteiger partial charge in [0, 0.05) is 6.42 Å². The van der Waals surface area contributed by atoms with Crippen LogP contribution in [-0.2, 0) is 22.0 Å². The van der Waals surface area contributed by atoms with E-state index < -0.39 is 20.9 Å². The molecule has 1 aromatic heterocycles. The lowest BCUT2D eigenvalue weighted by Crippen LogP contribution is -2.13. The highest BCUT2D eigenvalue weighted by atomic mass is 32.2. The average Bonchev–Trinajstić information content (AvgIpc) is 2.84. The third-order valence-corrected chi connectivity index (χ3v) is 5.30. The van der Waals surface area contributed by atoms with Gasteiger partial charge in [0.15, 0.2) is 15.7 Å². The van der Waals surface area contributed by atoms with Crippen molar-refractivity contribution in [3.8, 4) is 0 Å². The first kappa shape index (κ1) is 16.6. The zero-order chi connectivity index (χ0) is 16.3. The largest absolute Gasteiger partial charge is 0.338 e. The maximum Gasteiger partial charge on any atom is 0.241 e. The first-order valence-electron chi connectivity index (χ1n) is 7.06. The number of sulfone groups is 1. The molecule has 0 aliphatic heterocycles. The van der Waals surface area contributed by atoms with Gasteiger partial charge in [-0.2, -0.15) is 4.98 Å². The lowest BCUT2D eigenvalue weighted by molar-refractivity contribution is 0.380. The van der Waals surface area contributed by atoms with E-state index >= 15 is 0 Å². The van der Waals surface area contributed by atoms with Crippen LogP contribution in [0.25, 0.3) is 0 Å². The highest BCUT2D eigenvalue weighted by Gasteiger charge is 2.26. The molecule has 0 aliphatic carbocycles. The molecule has 0 unspecified atom stereocenters. The quantitative estimate of drug-likeness (QED) is 0.815. The number of hydrogen-bond donors (Lipinski definition) is 0. The summed E-state index contributed by atoms with van der Waals surface area (Å²) in [6, 6.07) is 5.43. The molecule has 120 valence electrons.